The Balaban J connectivity index is 2.65. The molecule has 2 N–H and O–H groups in total. The summed E-state index contributed by atoms with van der Waals surface area (Å²) in [5.74, 6) is 0.778. The molecular formula is C15H23N3O. The van der Waals surface area contributed by atoms with E-state index in [-0.39, 0.29) is 6.10 Å². The summed E-state index contributed by atoms with van der Waals surface area (Å²) < 4.78 is 5.49. The second-order valence-corrected chi connectivity index (χ2v) is 4.02. The second-order valence-electron chi connectivity index (χ2n) is 4.02. The average molecular weight is 261 g/mol. The fourth-order valence-corrected chi connectivity index (χ4v) is 1.67. The van der Waals surface area contributed by atoms with Gasteiger partial charge in [0.15, 0.2) is 5.96 Å². The molecular weight excluding hydrogens is 238 g/mol. The molecule has 0 aliphatic heterocycles. The van der Waals surface area contributed by atoms with Crippen molar-refractivity contribution < 1.29 is 4.74 Å². The van der Waals surface area contributed by atoms with Crippen molar-refractivity contribution in [3.8, 4) is 0 Å². The summed E-state index contributed by atoms with van der Waals surface area (Å²) in [7, 11) is 1.71. The van der Waals surface area contributed by atoms with Crippen molar-refractivity contribution in [1.29, 1.82) is 0 Å². The van der Waals surface area contributed by atoms with Gasteiger partial charge in [-0.3, -0.25) is 4.99 Å². The van der Waals surface area contributed by atoms with Crippen molar-refractivity contribution in [2.45, 2.75) is 13.0 Å². The first-order valence-electron chi connectivity index (χ1n) is 6.52. The lowest BCUT2D eigenvalue weighted by Crippen LogP contribution is -2.37. The summed E-state index contributed by atoms with van der Waals surface area (Å²) in [5.41, 5.74) is 1.13. The molecule has 0 saturated heterocycles. The molecule has 1 atom stereocenters. The molecule has 0 aliphatic rings. The van der Waals surface area contributed by atoms with Gasteiger partial charge in [-0.05, 0) is 12.5 Å². The summed E-state index contributed by atoms with van der Waals surface area (Å²) in [6.45, 7) is 7.81. The number of guanidine groups is 1. The second kappa shape index (κ2) is 9.16. The predicted molar refractivity (Wildman–Crippen MR) is 80.4 cm³/mol. The Hall–Kier alpha value is -1.81. The molecule has 0 bridgehead atoms. The van der Waals surface area contributed by atoms with Crippen LogP contribution in [-0.4, -0.2) is 32.7 Å². The van der Waals surface area contributed by atoms with Gasteiger partial charge in [-0.15, -0.1) is 6.58 Å². The fraction of sp³-hybridized carbons (Fsp3) is 0.400. The highest BCUT2D eigenvalue weighted by Gasteiger charge is 2.09. The highest BCUT2D eigenvalue weighted by atomic mass is 16.5. The van der Waals surface area contributed by atoms with Gasteiger partial charge in [-0.2, -0.15) is 0 Å². The topological polar surface area (TPSA) is 45.7 Å². The first-order valence-corrected chi connectivity index (χ1v) is 6.52. The van der Waals surface area contributed by atoms with E-state index in [1.54, 1.807) is 13.2 Å². The number of hydrogen-bond donors (Lipinski definition) is 2. The van der Waals surface area contributed by atoms with E-state index in [4.69, 9.17) is 4.74 Å². The third kappa shape index (κ3) is 5.57. The van der Waals surface area contributed by atoms with E-state index < -0.39 is 0 Å². The summed E-state index contributed by atoms with van der Waals surface area (Å²) in [5, 5.41) is 6.35. The van der Waals surface area contributed by atoms with Crippen LogP contribution < -0.4 is 10.6 Å². The molecule has 4 nitrogen and oxygen atoms in total. The van der Waals surface area contributed by atoms with Crippen LogP contribution >= 0.6 is 0 Å². The van der Waals surface area contributed by atoms with Crippen LogP contribution in [0.2, 0.25) is 0 Å². The van der Waals surface area contributed by atoms with Crippen LogP contribution in [0, 0.1) is 0 Å². The Labute approximate surface area is 115 Å². The molecule has 1 unspecified atom stereocenters. The summed E-state index contributed by atoms with van der Waals surface area (Å²) in [6, 6.07) is 10.1. The molecule has 104 valence electrons. The zero-order chi connectivity index (χ0) is 13.9. The lowest BCUT2D eigenvalue weighted by atomic mass is 10.1. The van der Waals surface area contributed by atoms with Gasteiger partial charge in [0.1, 0.15) is 6.10 Å². The van der Waals surface area contributed by atoms with Gasteiger partial charge in [0.25, 0.3) is 0 Å². The van der Waals surface area contributed by atoms with Crippen LogP contribution in [-0.2, 0) is 4.74 Å². The van der Waals surface area contributed by atoms with Crippen molar-refractivity contribution in [2.75, 3.05) is 26.7 Å². The van der Waals surface area contributed by atoms with E-state index in [1.165, 1.54) is 0 Å². The first kappa shape index (κ1) is 15.2. The molecule has 0 aromatic heterocycles. The molecule has 0 amide bonds. The summed E-state index contributed by atoms with van der Waals surface area (Å²) in [4.78, 5) is 4.52. The smallest absolute Gasteiger partial charge is 0.191 e. The van der Waals surface area contributed by atoms with Gasteiger partial charge >= 0.3 is 0 Å². The number of benzene rings is 1. The molecule has 1 aromatic rings. The number of ether oxygens (including phenoxy) is 1. The van der Waals surface area contributed by atoms with Crippen LogP contribution in [0.4, 0.5) is 0 Å². The summed E-state index contributed by atoms with van der Waals surface area (Å²) >= 11 is 0. The van der Waals surface area contributed by atoms with Crippen molar-refractivity contribution in [2.24, 2.45) is 4.99 Å². The van der Waals surface area contributed by atoms with Crippen molar-refractivity contribution >= 4 is 5.96 Å². The maximum atomic E-state index is 5.49. The van der Waals surface area contributed by atoms with Crippen molar-refractivity contribution in [3.05, 3.63) is 48.6 Å². The molecule has 0 spiro atoms. The Morgan fingerprint density at radius 1 is 1.37 bits per heavy atom. The van der Waals surface area contributed by atoms with Crippen molar-refractivity contribution in [3.63, 3.8) is 0 Å². The van der Waals surface area contributed by atoms with Gasteiger partial charge < -0.3 is 15.4 Å². The van der Waals surface area contributed by atoms with Gasteiger partial charge in [0.2, 0.25) is 0 Å². The van der Waals surface area contributed by atoms with E-state index in [0.29, 0.717) is 13.1 Å². The Bertz CT molecular complexity index is 390. The Morgan fingerprint density at radius 2 is 2.11 bits per heavy atom. The molecule has 0 saturated carbocycles. The molecule has 0 fully saturated rings. The van der Waals surface area contributed by atoms with Crippen LogP contribution in [0.1, 0.15) is 18.6 Å². The minimum Gasteiger partial charge on any atom is -0.375 e. The van der Waals surface area contributed by atoms with Gasteiger partial charge in [-0.1, -0.05) is 36.4 Å². The average Bonchev–Trinajstić information content (AvgIpc) is 2.46. The third-order valence-electron chi connectivity index (χ3n) is 2.63. The zero-order valence-corrected chi connectivity index (χ0v) is 11.7. The fourth-order valence-electron chi connectivity index (χ4n) is 1.67. The van der Waals surface area contributed by atoms with Gasteiger partial charge in [-0.25, -0.2) is 0 Å². The molecule has 0 aliphatic carbocycles. The van der Waals surface area contributed by atoms with E-state index in [9.17, 15) is 0 Å². The number of hydrogen-bond acceptors (Lipinski definition) is 2. The highest BCUT2D eigenvalue weighted by Crippen LogP contribution is 2.16. The number of rotatable bonds is 7. The molecule has 4 heteroatoms. The monoisotopic (exact) mass is 261 g/mol. The zero-order valence-electron chi connectivity index (χ0n) is 11.7. The number of methoxy groups -OCH3 is 1. The summed E-state index contributed by atoms with van der Waals surface area (Å²) in [6.07, 6.45) is 1.78. The van der Waals surface area contributed by atoms with Crippen LogP contribution in [0.25, 0.3) is 0 Å². The number of nitrogens with one attached hydrogen (secondary N) is 2. The molecule has 19 heavy (non-hydrogen) atoms. The Kier molecular flexibility index (Phi) is 7.35. The molecule has 1 rings (SSSR count). The van der Waals surface area contributed by atoms with E-state index >= 15 is 0 Å². The number of aliphatic imine (C=N–C) groups is 1. The lowest BCUT2D eigenvalue weighted by molar-refractivity contribution is 0.111. The van der Waals surface area contributed by atoms with Crippen LogP contribution in [0.3, 0.4) is 0 Å². The minimum absolute atomic E-state index is 0.0274. The lowest BCUT2D eigenvalue weighted by Gasteiger charge is -2.15. The van der Waals surface area contributed by atoms with E-state index in [2.05, 4.69) is 22.2 Å². The Morgan fingerprint density at radius 3 is 2.68 bits per heavy atom. The van der Waals surface area contributed by atoms with Gasteiger partial charge in [0.05, 0.1) is 6.54 Å². The maximum absolute atomic E-state index is 5.49. The van der Waals surface area contributed by atoms with Gasteiger partial charge in [0, 0.05) is 20.2 Å². The molecule has 0 radical (unpaired) electrons. The normalized spacial score (nSPS) is 12.8. The van der Waals surface area contributed by atoms with Crippen LogP contribution in [0.5, 0.6) is 0 Å². The first-order chi connectivity index (χ1) is 9.31. The largest absolute Gasteiger partial charge is 0.375 e. The van der Waals surface area contributed by atoms with E-state index in [0.717, 1.165) is 18.1 Å². The standard InChI is InChI=1S/C15H23N3O/c1-4-11-17-15(16-5-2)18-12-14(19-3)13-9-7-6-8-10-13/h4,6-10,14H,1,5,11-12H2,2-3H3,(H2,16,17,18). The van der Waals surface area contributed by atoms with Crippen LogP contribution in [0.15, 0.2) is 48.0 Å². The SMILES string of the molecule is C=CCNC(=NCC(OC)c1ccccc1)NCC. The quantitative estimate of drug-likeness (QED) is 0.449. The molecule has 0 heterocycles. The number of nitrogens with zero attached hydrogens (tertiary/aromatic N) is 1. The third-order valence-corrected chi connectivity index (χ3v) is 2.63. The predicted octanol–water partition coefficient (Wildman–Crippen LogP) is 2.12. The molecule has 1 aromatic carbocycles. The highest BCUT2D eigenvalue weighted by molar-refractivity contribution is 5.79. The maximum Gasteiger partial charge on any atom is 0.191 e. The minimum atomic E-state index is -0.0274. The van der Waals surface area contributed by atoms with Crippen molar-refractivity contribution in [1.82, 2.24) is 10.6 Å². The van der Waals surface area contributed by atoms with E-state index in [1.807, 2.05) is 37.3 Å².